The van der Waals surface area contributed by atoms with Crippen LogP contribution in [0.2, 0.25) is 0 Å². The zero-order chi connectivity index (χ0) is 30.2. The predicted octanol–water partition coefficient (Wildman–Crippen LogP) is 6.20. The fraction of sp³-hybridized carbons (Fsp3) is 0.394. The molecule has 1 amide bonds. The van der Waals surface area contributed by atoms with Gasteiger partial charge in [-0.1, -0.05) is 25.1 Å². The van der Waals surface area contributed by atoms with Crippen LogP contribution in [0.1, 0.15) is 51.5 Å². The number of benzene rings is 2. The maximum Gasteiger partial charge on any atom is 0.247 e. The van der Waals surface area contributed by atoms with Crippen LogP contribution >= 0.6 is 0 Å². The smallest absolute Gasteiger partial charge is 0.247 e. The number of hydrogen-bond donors (Lipinski definition) is 3. The van der Waals surface area contributed by atoms with Gasteiger partial charge in [0.15, 0.2) is 5.82 Å². The van der Waals surface area contributed by atoms with Crippen LogP contribution in [0.5, 0.6) is 5.75 Å². The van der Waals surface area contributed by atoms with Gasteiger partial charge in [-0.15, -0.1) is 0 Å². The van der Waals surface area contributed by atoms with Crippen LogP contribution in [0.4, 0.5) is 34.5 Å². The molecule has 5 rings (SSSR count). The standard InChI is InChI=1S/C33H40N8O2/c1-4-31(42)36-29-20-26(41-18-14-25(15-19-41)40-16-8-5-9-17-40)12-13-27(29)38-33-35-22-24(21-34)32(39-33)37-28-10-6-7-11-30(28)43-23(2)3/h4,6-7,10-13,20,22-23,25H,1,5,8-9,14-19H2,2-3H3,(H,36,42)(H2,35,37,38,39). The van der Waals surface area contributed by atoms with E-state index in [9.17, 15) is 10.1 Å². The first kappa shape index (κ1) is 29.9. The second-order valence-corrected chi connectivity index (χ2v) is 11.2. The highest BCUT2D eigenvalue weighted by Gasteiger charge is 2.26. The quantitative estimate of drug-likeness (QED) is 0.241. The molecular weight excluding hydrogens is 540 g/mol. The fourth-order valence-electron chi connectivity index (χ4n) is 5.69. The van der Waals surface area contributed by atoms with Gasteiger partial charge in [-0.25, -0.2) is 4.98 Å². The molecule has 3 N–H and O–H groups in total. The maximum atomic E-state index is 12.4. The van der Waals surface area contributed by atoms with Gasteiger partial charge in [-0.05, 0) is 89.0 Å². The van der Waals surface area contributed by atoms with E-state index in [4.69, 9.17) is 4.74 Å². The molecule has 2 aromatic carbocycles. The maximum absolute atomic E-state index is 12.4. The minimum atomic E-state index is -0.311. The number of carbonyl (C=O) groups is 1. The third-order valence-electron chi connectivity index (χ3n) is 7.84. The summed E-state index contributed by atoms with van der Waals surface area (Å²) >= 11 is 0. The van der Waals surface area contributed by atoms with Crippen molar-refractivity contribution in [1.82, 2.24) is 14.9 Å². The molecule has 0 radical (unpaired) electrons. The van der Waals surface area contributed by atoms with E-state index < -0.39 is 0 Å². The van der Waals surface area contributed by atoms with E-state index in [0.29, 0.717) is 34.7 Å². The fourth-order valence-corrected chi connectivity index (χ4v) is 5.69. The first-order chi connectivity index (χ1) is 20.9. The van der Waals surface area contributed by atoms with Crippen molar-refractivity contribution in [3.8, 4) is 11.8 Å². The molecule has 43 heavy (non-hydrogen) atoms. The lowest BCUT2D eigenvalue weighted by Gasteiger charge is -2.41. The Morgan fingerprint density at radius 2 is 1.81 bits per heavy atom. The number of rotatable bonds is 10. The van der Waals surface area contributed by atoms with Crippen LogP contribution in [0, 0.1) is 11.3 Å². The summed E-state index contributed by atoms with van der Waals surface area (Å²) < 4.78 is 5.92. The summed E-state index contributed by atoms with van der Waals surface area (Å²) in [6.07, 6.45) is 8.92. The van der Waals surface area contributed by atoms with Crippen LogP contribution < -0.4 is 25.6 Å². The minimum Gasteiger partial charge on any atom is -0.489 e. The van der Waals surface area contributed by atoms with Gasteiger partial charge in [-0.3, -0.25) is 4.79 Å². The summed E-state index contributed by atoms with van der Waals surface area (Å²) in [5.74, 6) is 0.950. The number of para-hydroxylation sites is 2. The van der Waals surface area contributed by atoms with Crippen LogP contribution in [0.25, 0.3) is 0 Å². The molecule has 0 aliphatic carbocycles. The number of nitrogens with zero attached hydrogens (tertiary/aromatic N) is 5. The van der Waals surface area contributed by atoms with E-state index >= 15 is 0 Å². The van der Waals surface area contributed by atoms with Gasteiger partial charge >= 0.3 is 0 Å². The van der Waals surface area contributed by atoms with Gasteiger partial charge in [0.2, 0.25) is 11.9 Å². The number of nitrogens with one attached hydrogen (secondary N) is 3. The lowest BCUT2D eigenvalue weighted by atomic mass is 9.99. The van der Waals surface area contributed by atoms with Crippen molar-refractivity contribution >= 4 is 40.4 Å². The van der Waals surface area contributed by atoms with Crippen molar-refractivity contribution in [3.63, 3.8) is 0 Å². The Balaban J connectivity index is 1.35. The van der Waals surface area contributed by atoms with Gasteiger partial charge in [0.1, 0.15) is 17.4 Å². The lowest BCUT2D eigenvalue weighted by molar-refractivity contribution is -0.111. The van der Waals surface area contributed by atoms with Crippen LogP contribution in [0.15, 0.2) is 61.3 Å². The molecule has 1 aromatic heterocycles. The van der Waals surface area contributed by atoms with Crippen molar-refractivity contribution in [3.05, 3.63) is 66.9 Å². The van der Waals surface area contributed by atoms with Gasteiger partial charge in [0, 0.05) is 24.8 Å². The molecule has 0 unspecified atom stereocenters. The third kappa shape index (κ3) is 7.62. The Labute approximate surface area is 253 Å². The highest BCUT2D eigenvalue weighted by atomic mass is 16.5. The number of amides is 1. The van der Waals surface area contributed by atoms with E-state index in [2.05, 4.69) is 54.4 Å². The Morgan fingerprint density at radius 1 is 1.05 bits per heavy atom. The Kier molecular flexibility index (Phi) is 9.74. The van der Waals surface area contributed by atoms with E-state index in [-0.39, 0.29) is 23.5 Å². The van der Waals surface area contributed by atoms with Gasteiger partial charge in [0.25, 0.3) is 0 Å². The number of hydrogen-bond acceptors (Lipinski definition) is 9. The third-order valence-corrected chi connectivity index (χ3v) is 7.84. The monoisotopic (exact) mass is 580 g/mol. The largest absolute Gasteiger partial charge is 0.489 e. The molecule has 0 bridgehead atoms. The molecule has 224 valence electrons. The van der Waals surface area contributed by atoms with E-state index in [0.717, 1.165) is 31.6 Å². The van der Waals surface area contributed by atoms with Crippen LogP contribution in [-0.4, -0.2) is 59.1 Å². The second kappa shape index (κ2) is 14.0. The second-order valence-electron chi connectivity index (χ2n) is 11.2. The minimum absolute atomic E-state index is 0.0192. The molecule has 2 fully saturated rings. The molecule has 10 heteroatoms. The summed E-state index contributed by atoms with van der Waals surface area (Å²) in [5.41, 5.74) is 3.24. The average Bonchev–Trinajstić information content (AvgIpc) is 3.03. The number of anilines is 6. The van der Waals surface area contributed by atoms with Crippen LogP contribution in [-0.2, 0) is 4.79 Å². The molecule has 0 atom stereocenters. The Morgan fingerprint density at radius 3 is 2.53 bits per heavy atom. The van der Waals surface area contributed by atoms with Crippen molar-refractivity contribution in [1.29, 1.82) is 5.26 Å². The molecule has 2 saturated heterocycles. The number of piperidine rings is 2. The summed E-state index contributed by atoms with van der Waals surface area (Å²) in [5, 5.41) is 19.1. The highest BCUT2D eigenvalue weighted by molar-refractivity contribution is 6.02. The van der Waals surface area contributed by atoms with Gasteiger partial charge < -0.3 is 30.5 Å². The summed E-state index contributed by atoms with van der Waals surface area (Å²) in [6.45, 7) is 11.9. The summed E-state index contributed by atoms with van der Waals surface area (Å²) in [7, 11) is 0. The van der Waals surface area contributed by atoms with E-state index in [1.54, 1.807) is 0 Å². The van der Waals surface area contributed by atoms with E-state index in [1.165, 1.54) is 44.6 Å². The highest BCUT2D eigenvalue weighted by Crippen LogP contribution is 2.33. The van der Waals surface area contributed by atoms with Crippen molar-refractivity contribution in [2.45, 2.75) is 58.1 Å². The Hall–Kier alpha value is -4.62. The average molecular weight is 581 g/mol. The molecule has 3 heterocycles. The topological polar surface area (TPSA) is 118 Å². The SMILES string of the molecule is C=CC(=O)Nc1cc(N2CCC(N3CCCCC3)CC2)ccc1Nc1ncc(C#N)c(Nc2ccccc2OC(C)C)n1. The Bertz CT molecular complexity index is 1470. The molecule has 2 aliphatic heterocycles. The number of ether oxygens (including phenoxy) is 1. The normalized spacial score (nSPS) is 15.9. The molecule has 0 spiro atoms. The van der Waals surface area contributed by atoms with E-state index in [1.807, 2.05) is 50.2 Å². The first-order valence-corrected chi connectivity index (χ1v) is 15.1. The lowest BCUT2D eigenvalue weighted by Crippen LogP contribution is -2.46. The number of nitriles is 1. The van der Waals surface area contributed by atoms with Gasteiger partial charge in [0.05, 0.1) is 29.4 Å². The van der Waals surface area contributed by atoms with Crippen molar-refractivity contribution in [2.75, 3.05) is 47.0 Å². The molecule has 10 nitrogen and oxygen atoms in total. The van der Waals surface area contributed by atoms with Crippen LogP contribution in [0.3, 0.4) is 0 Å². The first-order valence-electron chi connectivity index (χ1n) is 15.1. The number of likely N-dealkylation sites (tertiary alicyclic amines) is 1. The van der Waals surface area contributed by atoms with Crippen molar-refractivity contribution < 1.29 is 9.53 Å². The summed E-state index contributed by atoms with van der Waals surface area (Å²) in [4.78, 5) is 26.4. The summed E-state index contributed by atoms with van der Waals surface area (Å²) in [6, 6.07) is 16.3. The van der Waals surface area contributed by atoms with Crippen molar-refractivity contribution in [2.24, 2.45) is 0 Å². The molecule has 0 saturated carbocycles. The predicted molar refractivity (Wildman–Crippen MR) is 171 cm³/mol. The number of carbonyl (C=O) groups excluding carboxylic acids is 1. The number of aromatic nitrogens is 2. The molecule has 3 aromatic rings. The zero-order valence-corrected chi connectivity index (χ0v) is 25.0. The zero-order valence-electron chi connectivity index (χ0n) is 25.0. The molecular formula is C33H40N8O2. The van der Waals surface area contributed by atoms with Gasteiger partial charge in [-0.2, -0.15) is 10.2 Å². The molecule has 2 aliphatic rings.